The van der Waals surface area contributed by atoms with Gasteiger partial charge in [-0.1, -0.05) is 0 Å². The number of likely N-dealkylation sites (tertiary alicyclic amines) is 1. The molecule has 0 aromatic heterocycles. The number of hydrogen-bond donors (Lipinski definition) is 1. The summed E-state index contributed by atoms with van der Waals surface area (Å²) < 4.78 is 0. The van der Waals surface area contributed by atoms with Crippen molar-refractivity contribution in [2.24, 2.45) is 0 Å². The Morgan fingerprint density at radius 1 is 1.14 bits per heavy atom. The molecule has 2 aliphatic rings. The number of thioether (sulfide) groups is 1. The summed E-state index contributed by atoms with van der Waals surface area (Å²) in [6.07, 6.45) is 5.59. The number of rotatable bonds is 4. The molecule has 14 heavy (non-hydrogen) atoms. The van der Waals surface area contributed by atoms with Gasteiger partial charge in [-0.25, -0.2) is 0 Å². The zero-order valence-electron chi connectivity index (χ0n) is 9.00. The number of nitrogens with one attached hydrogen (secondary N) is 1. The highest BCUT2D eigenvalue weighted by Crippen LogP contribution is 2.16. The minimum absolute atomic E-state index is 0.818. The van der Waals surface area contributed by atoms with E-state index in [1.807, 2.05) is 0 Å². The molecule has 0 amide bonds. The van der Waals surface area contributed by atoms with Crippen LogP contribution < -0.4 is 5.32 Å². The second-order valence-electron chi connectivity index (χ2n) is 4.39. The van der Waals surface area contributed by atoms with Crippen LogP contribution in [-0.2, 0) is 0 Å². The van der Waals surface area contributed by atoms with Crippen molar-refractivity contribution in [3.05, 3.63) is 0 Å². The van der Waals surface area contributed by atoms with Crippen molar-refractivity contribution in [2.75, 3.05) is 37.7 Å². The van der Waals surface area contributed by atoms with Crippen molar-refractivity contribution < 1.29 is 0 Å². The molecule has 0 aromatic rings. The lowest BCUT2D eigenvalue weighted by Gasteiger charge is -2.24. The Morgan fingerprint density at radius 3 is 2.57 bits per heavy atom. The topological polar surface area (TPSA) is 15.3 Å². The molecule has 0 bridgehead atoms. The standard InChI is InChI=1S/C11H22N2S/c1-2-7-13(6-1)8-5-12-11-3-9-14-10-4-11/h11-12H,1-10H2. The zero-order chi connectivity index (χ0) is 9.64. The zero-order valence-corrected chi connectivity index (χ0v) is 9.82. The molecule has 0 aromatic carbocycles. The van der Waals surface area contributed by atoms with Gasteiger partial charge in [-0.15, -0.1) is 0 Å². The van der Waals surface area contributed by atoms with E-state index < -0.39 is 0 Å². The predicted octanol–water partition coefficient (Wildman–Crippen LogP) is 1.57. The maximum atomic E-state index is 3.69. The largest absolute Gasteiger partial charge is 0.313 e. The van der Waals surface area contributed by atoms with Crippen molar-refractivity contribution in [3.8, 4) is 0 Å². The number of hydrogen-bond acceptors (Lipinski definition) is 3. The Kier molecular flexibility index (Phi) is 4.61. The molecule has 0 saturated carbocycles. The van der Waals surface area contributed by atoms with Gasteiger partial charge in [-0.3, -0.25) is 0 Å². The van der Waals surface area contributed by atoms with E-state index in [1.54, 1.807) is 0 Å². The third kappa shape index (κ3) is 3.44. The van der Waals surface area contributed by atoms with E-state index in [0.29, 0.717) is 0 Å². The molecule has 2 saturated heterocycles. The highest BCUT2D eigenvalue weighted by atomic mass is 32.2. The van der Waals surface area contributed by atoms with Gasteiger partial charge in [-0.05, 0) is 50.3 Å². The second kappa shape index (κ2) is 5.99. The summed E-state index contributed by atoms with van der Waals surface area (Å²) in [5.74, 6) is 2.72. The van der Waals surface area contributed by atoms with Crippen LogP contribution in [0.1, 0.15) is 25.7 Å². The molecule has 0 spiro atoms. The monoisotopic (exact) mass is 214 g/mol. The van der Waals surface area contributed by atoms with Crippen molar-refractivity contribution in [1.29, 1.82) is 0 Å². The highest BCUT2D eigenvalue weighted by Gasteiger charge is 2.14. The molecule has 0 radical (unpaired) electrons. The molecule has 0 aliphatic carbocycles. The first kappa shape index (κ1) is 10.8. The van der Waals surface area contributed by atoms with E-state index in [-0.39, 0.29) is 0 Å². The summed E-state index contributed by atoms with van der Waals surface area (Å²) >= 11 is 2.11. The maximum Gasteiger partial charge on any atom is 0.0107 e. The van der Waals surface area contributed by atoms with Crippen molar-refractivity contribution in [1.82, 2.24) is 10.2 Å². The average Bonchev–Trinajstić information content (AvgIpc) is 2.72. The number of nitrogens with zero attached hydrogens (tertiary/aromatic N) is 1. The first-order valence-corrected chi connectivity index (χ1v) is 7.14. The summed E-state index contributed by atoms with van der Waals surface area (Å²) in [6, 6.07) is 0.818. The van der Waals surface area contributed by atoms with Gasteiger partial charge in [0.05, 0.1) is 0 Å². The Balaban J connectivity index is 1.52. The molecule has 0 atom stereocenters. The van der Waals surface area contributed by atoms with Crippen LogP contribution in [0.5, 0.6) is 0 Å². The normalized spacial score (nSPS) is 25.7. The van der Waals surface area contributed by atoms with Gasteiger partial charge >= 0.3 is 0 Å². The van der Waals surface area contributed by atoms with Crippen LogP contribution in [0.4, 0.5) is 0 Å². The minimum atomic E-state index is 0.818. The van der Waals surface area contributed by atoms with Crippen molar-refractivity contribution in [2.45, 2.75) is 31.7 Å². The fraction of sp³-hybridized carbons (Fsp3) is 1.00. The van der Waals surface area contributed by atoms with Crippen LogP contribution in [0.25, 0.3) is 0 Å². The molecule has 82 valence electrons. The van der Waals surface area contributed by atoms with Gasteiger partial charge in [0.25, 0.3) is 0 Å². The van der Waals surface area contributed by atoms with Crippen LogP contribution in [0.3, 0.4) is 0 Å². The van der Waals surface area contributed by atoms with Crippen molar-refractivity contribution in [3.63, 3.8) is 0 Å². The van der Waals surface area contributed by atoms with Gasteiger partial charge in [-0.2, -0.15) is 11.8 Å². The first-order chi connectivity index (χ1) is 6.95. The Morgan fingerprint density at radius 2 is 1.86 bits per heavy atom. The van der Waals surface area contributed by atoms with Crippen molar-refractivity contribution >= 4 is 11.8 Å². The van der Waals surface area contributed by atoms with Crippen LogP contribution in [0.2, 0.25) is 0 Å². The summed E-state index contributed by atoms with van der Waals surface area (Å²) in [5, 5.41) is 3.69. The average molecular weight is 214 g/mol. The Bertz CT molecular complexity index is 151. The van der Waals surface area contributed by atoms with E-state index in [0.717, 1.165) is 6.04 Å². The van der Waals surface area contributed by atoms with Gasteiger partial charge < -0.3 is 10.2 Å². The summed E-state index contributed by atoms with van der Waals surface area (Å²) in [4.78, 5) is 2.59. The lowest BCUT2D eigenvalue weighted by Crippen LogP contribution is -2.38. The SMILES string of the molecule is C1CCN(CCNC2CCSCC2)C1. The Labute approximate surface area is 91.8 Å². The fourth-order valence-corrected chi connectivity index (χ4v) is 3.44. The predicted molar refractivity (Wildman–Crippen MR) is 64.0 cm³/mol. The summed E-state index contributed by atoms with van der Waals surface area (Å²) in [7, 11) is 0. The van der Waals surface area contributed by atoms with E-state index in [2.05, 4.69) is 22.0 Å². The molecule has 0 unspecified atom stereocenters. The van der Waals surface area contributed by atoms with E-state index >= 15 is 0 Å². The fourth-order valence-electron chi connectivity index (χ4n) is 2.33. The molecule has 2 aliphatic heterocycles. The Hall–Kier alpha value is 0.270. The van der Waals surface area contributed by atoms with Crippen LogP contribution >= 0.6 is 11.8 Å². The third-order valence-corrected chi connectivity index (χ3v) is 4.33. The van der Waals surface area contributed by atoms with Gasteiger partial charge in [0.1, 0.15) is 0 Å². The summed E-state index contributed by atoms with van der Waals surface area (Å²) in [6.45, 7) is 5.14. The summed E-state index contributed by atoms with van der Waals surface area (Å²) in [5.41, 5.74) is 0. The third-order valence-electron chi connectivity index (χ3n) is 3.28. The maximum absolute atomic E-state index is 3.69. The molecule has 1 N–H and O–H groups in total. The van der Waals surface area contributed by atoms with E-state index in [1.165, 1.54) is 63.4 Å². The first-order valence-electron chi connectivity index (χ1n) is 5.98. The smallest absolute Gasteiger partial charge is 0.0107 e. The van der Waals surface area contributed by atoms with Gasteiger partial charge in [0.15, 0.2) is 0 Å². The molecule has 2 rings (SSSR count). The molecule has 2 nitrogen and oxygen atoms in total. The lowest BCUT2D eigenvalue weighted by atomic mass is 10.1. The van der Waals surface area contributed by atoms with Crippen LogP contribution in [-0.4, -0.2) is 48.6 Å². The highest BCUT2D eigenvalue weighted by molar-refractivity contribution is 7.99. The van der Waals surface area contributed by atoms with E-state index in [4.69, 9.17) is 0 Å². The van der Waals surface area contributed by atoms with Crippen LogP contribution in [0.15, 0.2) is 0 Å². The molecule has 3 heteroatoms. The van der Waals surface area contributed by atoms with Gasteiger partial charge in [0.2, 0.25) is 0 Å². The van der Waals surface area contributed by atoms with E-state index in [9.17, 15) is 0 Å². The molecular weight excluding hydrogens is 192 g/mol. The molecular formula is C11H22N2S. The molecule has 2 heterocycles. The quantitative estimate of drug-likeness (QED) is 0.765. The molecule has 2 fully saturated rings. The lowest BCUT2D eigenvalue weighted by molar-refractivity contribution is 0.324. The second-order valence-corrected chi connectivity index (χ2v) is 5.61. The van der Waals surface area contributed by atoms with Crippen LogP contribution in [0, 0.1) is 0 Å². The minimum Gasteiger partial charge on any atom is -0.313 e. The van der Waals surface area contributed by atoms with Gasteiger partial charge in [0, 0.05) is 19.1 Å².